The van der Waals surface area contributed by atoms with Crippen molar-refractivity contribution in [3.63, 3.8) is 0 Å². The summed E-state index contributed by atoms with van der Waals surface area (Å²) in [6, 6.07) is 10.4. The van der Waals surface area contributed by atoms with E-state index in [4.69, 9.17) is 4.52 Å². The molecule has 134 valence electrons. The standard InChI is InChI=1S/C18H17FN4O3/c1-11(2)20-15(24)10-23-14(8-5-9-16(23)25)18-21-17(22-26-18)12-6-3-4-7-13(12)19/h3-9,11H,10H2,1-2H3,(H,20,24). The first-order chi connectivity index (χ1) is 12.5. The summed E-state index contributed by atoms with van der Waals surface area (Å²) < 4.78 is 20.3. The number of pyridine rings is 1. The van der Waals surface area contributed by atoms with Gasteiger partial charge in [0.25, 0.3) is 11.4 Å². The van der Waals surface area contributed by atoms with Crippen LogP contribution in [0.2, 0.25) is 0 Å². The van der Waals surface area contributed by atoms with Gasteiger partial charge < -0.3 is 9.84 Å². The van der Waals surface area contributed by atoms with Gasteiger partial charge in [-0.15, -0.1) is 0 Å². The van der Waals surface area contributed by atoms with E-state index in [9.17, 15) is 14.0 Å². The van der Waals surface area contributed by atoms with Crippen LogP contribution in [0.4, 0.5) is 4.39 Å². The Hall–Kier alpha value is -3.29. The van der Waals surface area contributed by atoms with Gasteiger partial charge in [0.2, 0.25) is 11.7 Å². The molecular formula is C18H17FN4O3. The van der Waals surface area contributed by atoms with Gasteiger partial charge in [-0.05, 0) is 32.0 Å². The van der Waals surface area contributed by atoms with Crippen molar-refractivity contribution in [2.45, 2.75) is 26.4 Å². The fourth-order valence-corrected chi connectivity index (χ4v) is 2.46. The van der Waals surface area contributed by atoms with E-state index in [-0.39, 0.29) is 47.0 Å². The normalized spacial score (nSPS) is 10.9. The van der Waals surface area contributed by atoms with E-state index < -0.39 is 5.82 Å². The molecule has 3 rings (SSSR count). The molecular weight excluding hydrogens is 339 g/mol. The molecule has 0 fully saturated rings. The van der Waals surface area contributed by atoms with Crippen molar-refractivity contribution < 1.29 is 13.7 Å². The number of rotatable bonds is 5. The third-order valence-electron chi connectivity index (χ3n) is 3.56. The second-order valence-corrected chi connectivity index (χ2v) is 5.96. The monoisotopic (exact) mass is 356 g/mol. The van der Waals surface area contributed by atoms with Crippen molar-refractivity contribution >= 4 is 5.91 Å². The van der Waals surface area contributed by atoms with Crippen molar-refractivity contribution in [2.75, 3.05) is 0 Å². The second kappa shape index (κ2) is 7.30. The Balaban J connectivity index is 1.98. The Morgan fingerprint density at radius 1 is 1.23 bits per heavy atom. The molecule has 2 aromatic heterocycles. The molecule has 1 amide bonds. The molecule has 1 aromatic carbocycles. The molecule has 0 saturated heterocycles. The maximum Gasteiger partial charge on any atom is 0.274 e. The highest BCUT2D eigenvalue weighted by molar-refractivity contribution is 5.76. The highest BCUT2D eigenvalue weighted by Gasteiger charge is 2.18. The van der Waals surface area contributed by atoms with E-state index in [2.05, 4.69) is 15.5 Å². The predicted molar refractivity (Wildman–Crippen MR) is 92.7 cm³/mol. The van der Waals surface area contributed by atoms with Crippen LogP contribution in [0.3, 0.4) is 0 Å². The average molecular weight is 356 g/mol. The number of nitrogens with zero attached hydrogens (tertiary/aromatic N) is 3. The number of halogens is 1. The molecule has 3 aromatic rings. The molecule has 7 nitrogen and oxygen atoms in total. The second-order valence-electron chi connectivity index (χ2n) is 5.96. The predicted octanol–water partition coefficient (Wildman–Crippen LogP) is 2.23. The largest absolute Gasteiger partial charge is 0.352 e. The molecule has 0 saturated carbocycles. The van der Waals surface area contributed by atoms with Gasteiger partial charge in [0, 0.05) is 12.1 Å². The van der Waals surface area contributed by atoms with Gasteiger partial charge in [-0.25, -0.2) is 4.39 Å². The van der Waals surface area contributed by atoms with Crippen LogP contribution in [0.5, 0.6) is 0 Å². The lowest BCUT2D eigenvalue weighted by molar-refractivity contribution is -0.122. The Kier molecular flexibility index (Phi) is 4.92. The van der Waals surface area contributed by atoms with Crippen LogP contribution in [0.15, 0.2) is 51.8 Å². The number of carbonyl (C=O) groups is 1. The van der Waals surface area contributed by atoms with Crippen LogP contribution in [0, 0.1) is 5.82 Å². The number of nitrogens with one attached hydrogen (secondary N) is 1. The molecule has 2 heterocycles. The first kappa shape index (κ1) is 17.5. The fraction of sp³-hybridized carbons (Fsp3) is 0.222. The maximum atomic E-state index is 13.9. The fourth-order valence-electron chi connectivity index (χ4n) is 2.46. The van der Waals surface area contributed by atoms with Crippen LogP contribution in [0.1, 0.15) is 13.8 Å². The lowest BCUT2D eigenvalue weighted by atomic mass is 10.2. The van der Waals surface area contributed by atoms with Gasteiger partial charge in [-0.3, -0.25) is 14.2 Å². The van der Waals surface area contributed by atoms with Crippen molar-refractivity contribution in [1.82, 2.24) is 20.0 Å². The van der Waals surface area contributed by atoms with E-state index in [1.165, 1.54) is 28.8 Å². The SMILES string of the molecule is CC(C)NC(=O)Cn1c(-c2nc(-c3ccccc3F)no2)cccc1=O. The Morgan fingerprint density at radius 3 is 2.73 bits per heavy atom. The van der Waals surface area contributed by atoms with Crippen molar-refractivity contribution in [3.8, 4) is 23.0 Å². The molecule has 8 heteroatoms. The third kappa shape index (κ3) is 3.69. The van der Waals surface area contributed by atoms with Gasteiger partial charge >= 0.3 is 0 Å². The van der Waals surface area contributed by atoms with E-state index in [1.54, 1.807) is 18.2 Å². The number of hydrogen-bond donors (Lipinski definition) is 1. The summed E-state index contributed by atoms with van der Waals surface area (Å²) in [5.74, 6) is -0.712. The van der Waals surface area contributed by atoms with Crippen molar-refractivity contribution in [1.29, 1.82) is 0 Å². The van der Waals surface area contributed by atoms with Gasteiger partial charge in [0.15, 0.2) is 0 Å². The van der Waals surface area contributed by atoms with E-state index >= 15 is 0 Å². The van der Waals surface area contributed by atoms with Crippen molar-refractivity contribution in [2.24, 2.45) is 0 Å². The minimum absolute atomic E-state index is 0.0262. The molecule has 1 N–H and O–H groups in total. The maximum absolute atomic E-state index is 13.9. The van der Waals surface area contributed by atoms with E-state index in [0.717, 1.165) is 0 Å². The summed E-state index contributed by atoms with van der Waals surface area (Å²) >= 11 is 0. The smallest absolute Gasteiger partial charge is 0.274 e. The molecule has 26 heavy (non-hydrogen) atoms. The Morgan fingerprint density at radius 2 is 2.00 bits per heavy atom. The van der Waals surface area contributed by atoms with Gasteiger partial charge in [-0.2, -0.15) is 4.98 Å². The van der Waals surface area contributed by atoms with Crippen LogP contribution in [0.25, 0.3) is 23.0 Å². The van der Waals surface area contributed by atoms with Crippen LogP contribution < -0.4 is 10.9 Å². The summed E-state index contributed by atoms with van der Waals surface area (Å²) in [6.07, 6.45) is 0. The van der Waals surface area contributed by atoms with Crippen molar-refractivity contribution in [3.05, 3.63) is 58.6 Å². The zero-order valence-corrected chi connectivity index (χ0v) is 14.3. The van der Waals surface area contributed by atoms with E-state index in [0.29, 0.717) is 0 Å². The average Bonchev–Trinajstić information content (AvgIpc) is 3.06. The number of aromatic nitrogens is 3. The third-order valence-corrected chi connectivity index (χ3v) is 3.56. The molecule has 0 spiro atoms. The summed E-state index contributed by atoms with van der Waals surface area (Å²) in [5.41, 5.74) is 0.0865. The summed E-state index contributed by atoms with van der Waals surface area (Å²) in [4.78, 5) is 28.4. The Labute approximate surface area is 148 Å². The number of hydrogen-bond acceptors (Lipinski definition) is 5. The first-order valence-electron chi connectivity index (χ1n) is 8.04. The van der Waals surface area contributed by atoms with Crippen LogP contribution in [-0.2, 0) is 11.3 Å². The lowest BCUT2D eigenvalue weighted by Gasteiger charge is -2.12. The highest BCUT2D eigenvalue weighted by atomic mass is 19.1. The summed E-state index contributed by atoms with van der Waals surface area (Å²) in [5, 5.41) is 6.50. The first-order valence-corrected chi connectivity index (χ1v) is 8.04. The van der Waals surface area contributed by atoms with Crippen LogP contribution >= 0.6 is 0 Å². The molecule has 0 bridgehead atoms. The zero-order chi connectivity index (χ0) is 18.7. The molecule has 0 aliphatic rings. The van der Waals surface area contributed by atoms with E-state index in [1.807, 2.05) is 13.8 Å². The number of benzene rings is 1. The quantitative estimate of drug-likeness (QED) is 0.757. The molecule has 0 aliphatic carbocycles. The minimum atomic E-state index is -0.485. The topological polar surface area (TPSA) is 90.0 Å². The molecule has 0 unspecified atom stereocenters. The lowest BCUT2D eigenvalue weighted by Crippen LogP contribution is -2.36. The van der Waals surface area contributed by atoms with Gasteiger partial charge in [0.1, 0.15) is 18.1 Å². The zero-order valence-electron chi connectivity index (χ0n) is 14.3. The minimum Gasteiger partial charge on any atom is -0.352 e. The number of carbonyl (C=O) groups excluding carboxylic acids is 1. The van der Waals surface area contributed by atoms with Crippen LogP contribution in [-0.4, -0.2) is 26.7 Å². The highest BCUT2D eigenvalue weighted by Crippen LogP contribution is 2.23. The van der Waals surface area contributed by atoms with Gasteiger partial charge in [-0.1, -0.05) is 23.4 Å². The summed E-state index contributed by atoms with van der Waals surface area (Å²) in [7, 11) is 0. The number of amides is 1. The molecule has 0 radical (unpaired) electrons. The van der Waals surface area contributed by atoms with Gasteiger partial charge in [0.05, 0.1) is 5.56 Å². The molecule has 0 aliphatic heterocycles. The Bertz CT molecular complexity index is 994. The summed E-state index contributed by atoms with van der Waals surface area (Å²) in [6.45, 7) is 3.46. The molecule has 0 atom stereocenters.